The van der Waals surface area contributed by atoms with E-state index in [1.807, 2.05) is 60.7 Å². The molecule has 2 aliphatic rings. The first-order valence-electron chi connectivity index (χ1n) is 16.7. The highest BCUT2D eigenvalue weighted by molar-refractivity contribution is 5.83. The number of likely N-dealkylation sites (N-methyl/N-ethyl adjacent to an activating group) is 2. The minimum Gasteiger partial charge on any atom is -0.458 e. The summed E-state index contributed by atoms with van der Waals surface area (Å²) in [7, 11) is 3.23. The molecule has 2 aliphatic carbocycles. The average molecular weight is 683 g/mol. The molecule has 12 heteroatoms. The fourth-order valence-corrected chi connectivity index (χ4v) is 4.58. The summed E-state index contributed by atoms with van der Waals surface area (Å²) in [6, 6.07) is 17.5. The van der Waals surface area contributed by atoms with Gasteiger partial charge in [0, 0.05) is 7.05 Å². The third-order valence-electron chi connectivity index (χ3n) is 7.72. The Morgan fingerprint density at radius 2 is 1.16 bits per heavy atom. The molecule has 2 atom stereocenters. The fourth-order valence-electron chi connectivity index (χ4n) is 4.58. The van der Waals surface area contributed by atoms with Crippen LogP contribution in [0, 0.1) is 11.8 Å². The molecule has 0 aromatic heterocycles. The van der Waals surface area contributed by atoms with E-state index in [-0.39, 0.29) is 31.8 Å². The van der Waals surface area contributed by atoms with E-state index in [0.717, 1.165) is 30.4 Å². The van der Waals surface area contributed by atoms with Crippen molar-refractivity contribution in [1.29, 1.82) is 0 Å². The molecule has 0 unspecified atom stereocenters. The summed E-state index contributed by atoms with van der Waals surface area (Å²) in [5, 5.41) is 2.93. The monoisotopic (exact) mass is 682 g/mol. The van der Waals surface area contributed by atoms with Crippen LogP contribution < -0.4 is 5.32 Å². The van der Waals surface area contributed by atoms with Crippen molar-refractivity contribution in [3.8, 4) is 0 Å². The third-order valence-corrected chi connectivity index (χ3v) is 7.72. The molecular weight excluding hydrogens is 632 g/mol. The van der Waals surface area contributed by atoms with E-state index in [1.54, 1.807) is 27.8 Å². The lowest BCUT2D eigenvalue weighted by Gasteiger charge is -2.29. The quantitative estimate of drug-likeness (QED) is 0.189. The number of carbonyl (C=O) groups is 5. The normalized spacial score (nSPS) is 15.0. The number of ether oxygens (including phenoxy) is 5. The van der Waals surface area contributed by atoms with Crippen molar-refractivity contribution in [3.05, 3.63) is 71.8 Å². The molecule has 2 aromatic carbocycles. The van der Waals surface area contributed by atoms with Gasteiger partial charge >= 0.3 is 30.0 Å². The number of nitrogens with zero attached hydrogens (tertiary/aromatic N) is 1. The van der Waals surface area contributed by atoms with E-state index >= 15 is 0 Å². The summed E-state index contributed by atoms with van der Waals surface area (Å²) in [5.41, 5.74) is 1.08. The van der Waals surface area contributed by atoms with Crippen LogP contribution in [0.2, 0.25) is 0 Å². The van der Waals surface area contributed by atoms with Crippen LogP contribution in [-0.2, 0) is 56.1 Å². The van der Waals surface area contributed by atoms with E-state index in [2.05, 4.69) is 5.32 Å². The van der Waals surface area contributed by atoms with E-state index in [4.69, 9.17) is 23.7 Å². The second-order valence-corrected chi connectivity index (χ2v) is 13.3. The van der Waals surface area contributed by atoms with E-state index in [1.165, 1.54) is 24.8 Å². The molecule has 4 rings (SSSR count). The molecule has 49 heavy (non-hydrogen) atoms. The minimum absolute atomic E-state index is 0.112. The van der Waals surface area contributed by atoms with Crippen molar-refractivity contribution < 1.29 is 47.7 Å². The summed E-state index contributed by atoms with van der Waals surface area (Å²) in [5.74, 6) is -1.19. The second-order valence-electron chi connectivity index (χ2n) is 13.3. The Balaban J connectivity index is 0.000000276. The van der Waals surface area contributed by atoms with Gasteiger partial charge in [0.25, 0.3) is 0 Å². The SMILES string of the molecule is CN(C(=O)OC(C)(C)C)[C@@H](CC1CC1)C(=O)OCC(=O)OCc1ccccc1.CN[C@@H](CC1CC1)C(=O)OCC(=O)OCc1ccccc1. The number of amides is 1. The van der Waals surface area contributed by atoms with Crippen LogP contribution in [0.15, 0.2) is 60.7 Å². The van der Waals surface area contributed by atoms with Gasteiger partial charge in [-0.2, -0.15) is 0 Å². The van der Waals surface area contributed by atoms with Gasteiger partial charge in [-0.1, -0.05) is 86.3 Å². The predicted molar refractivity (Wildman–Crippen MR) is 180 cm³/mol. The van der Waals surface area contributed by atoms with Gasteiger partial charge in [0.2, 0.25) is 0 Å². The highest BCUT2D eigenvalue weighted by atomic mass is 16.6. The maximum absolute atomic E-state index is 12.5. The molecule has 0 saturated heterocycles. The molecule has 0 spiro atoms. The van der Waals surface area contributed by atoms with Crippen LogP contribution in [0.25, 0.3) is 0 Å². The number of benzene rings is 2. The zero-order valence-corrected chi connectivity index (χ0v) is 29.2. The Labute approximate surface area is 288 Å². The van der Waals surface area contributed by atoms with Crippen LogP contribution in [-0.4, -0.2) is 79.9 Å². The molecular formula is C37H50N2O10. The summed E-state index contributed by atoms with van der Waals surface area (Å²) in [6.45, 7) is 4.75. The summed E-state index contributed by atoms with van der Waals surface area (Å²) in [6.07, 6.45) is 5.05. The molecule has 1 N–H and O–H groups in total. The summed E-state index contributed by atoms with van der Waals surface area (Å²) >= 11 is 0. The van der Waals surface area contributed by atoms with Crippen LogP contribution in [0.4, 0.5) is 4.79 Å². The zero-order chi connectivity index (χ0) is 35.8. The van der Waals surface area contributed by atoms with Gasteiger partial charge in [0.15, 0.2) is 13.2 Å². The predicted octanol–water partition coefficient (Wildman–Crippen LogP) is 4.97. The smallest absolute Gasteiger partial charge is 0.410 e. The van der Waals surface area contributed by atoms with Crippen molar-refractivity contribution in [2.45, 2.75) is 90.2 Å². The molecule has 2 fully saturated rings. The van der Waals surface area contributed by atoms with Gasteiger partial charge in [0.05, 0.1) is 0 Å². The molecule has 2 saturated carbocycles. The highest BCUT2D eigenvalue weighted by Gasteiger charge is 2.37. The molecule has 0 bridgehead atoms. The first kappa shape index (κ1) is 39.0. The standard InChI is InChI=1S/C21H29NO6.C16H21NO4/c1-21(2,3)28-20(25)22(4)17(12-15-10-11-15)19(24)27-14-18(23)26-13-16-8-6-5-7-9-16;1-17-14(9-12-7-8-12)16(19)21-11-15(18)20-10-13-5-3-2-4-6-13/h5-9,15,17H,10-14H2,1-4H3;2-6,12,14,17H,7-11H2,1H3/t17-;14-/m00/s1. The maximum atomic E-state index is 12.5. The number of hydrogen-bond donors (Lipinski definition) is 1. The fraction of sp³-hybridized carbons (Fsp3) is 0.541. The van der Waals surface area contributed by atoms with Crippen LogP contribution in [0.3, 0.4) is 0 Å². The Bertz CT molecular complexity index is 1350. The Morgan fingerprint density at radius 3 is 1.59 bits per heavy atom. The lowest BCUT2D eigenvalue weighted by atomic mass is 10.1. The zero-order valence-electron chi connectivity index (χ0n) is 29.2. The second kappa shape index (κ2) is 19.5. The Hall–Kier alpha value is -4.45. The third kappa shape index (κ3) is 16.0. The van der Waals surface area contributed by atoms with E-state index in [0.29, 0.717) is 18.3 Å². The van der Waals surface area contributed by atoms with E-state index in [9.17, 15) is 24.0 Å². The van der Waals surface area contributed by atoms with Crippen LogP contribution in [0.5, 0.6) is 0 Å². The van der Waals surface area contributed by atoms with Gasteiger partial charge in [-0.05, 0) is 63.6 Å². The van der Waals surface area contributed by atoms with Gasteiger partial charge in [0.1, 0.15) is 30.9 Å². The maximum Gasteiger partial charge on any atom is 0.410 e. The average Bonchev–Trinajstić information content (AvgIpc) is 4.02. The van der Waals surface area contributed by atoms with Crippen molar-refractivity contribution in [1.82, 2.24) is 10.2 Å². The molecule has 2 aromatic rings. The summed E-state index contributed by atoms with van der Waals surface area (Å²) < 4.78 is 25.6. The Kier molecular flexibility index (Phi) is 15.5. The van der Waals surface area contributed by atoms with Gasteiger partial charge in [-0.25, -0.2) is 19.2 Å². The van der Waals surface area contributed by atoms with Crippen molar-refractivity contribution in [2.75, 3.05) is 27.3 Å². The van der Waals surface area contributed by atoms with Gasteiger partial charge in [-0.15, -0.1) is 0 Å². The van der Waals surface area contributed by atoms with Gasteiger partial charge in [-0.3, -0.25) is 9.69 Å². The lowest BCUT2D eigenvalue weighted by molar-refractivity contribution is -0.162. The van der Waals surface area contributed by atoms with Crippen molar-refractivity contribution in [3.63, 3.8) is 0 Å². The molecule has 0 radical (unpaired) electrons. The number of nitrogens with one attached hydrogen (secondary N) is 1. The van der Waals surface area contributed by atoms with Crippen molar-refractivity contribution >= 4 is 30.0 Å². The molecule has 12 nitrogen and oxygen atoms in total. The lowest BCUT2D eigenvalue weighted by Crippen LogP contribution is -2.46. The summed E-state index contributed by atoms with van der Waals surface area (Å²) in [4.78, 5) is 61.3. The first-order chi connectivity index (χ1) is 23.3. The van der Waals surface area contributed by atoms with E-state index < -0.39 is 42.3 Å². The minimum atomic E-state index is -0.788. The topological polar surface area (TPSA) is 147 Å². The molecule has 0 heterocycles. The molecule has 1 amide bonds. The largest absolute Gasteiger partial charge is 0.458 e. The van der Waals surface area contributed by atoms with Crippen LogP contribution in [0.1, 0.15) is 70.4 Å². The number of carbonyl (C=O) groups excluding carboxylic acids is 5. The van der Waals surface area contributed by atoms with Gasteiger partial charge < -0.3 is 29.0 Å². The number of rotatable bonds is 16. The molecule has 268 valence electrons. The highest BCUT2D eigenvalue weighted by Crippen LogP contribution is 2.35. The Morgan fingerprint density at radius 1 is 0.714 bits per heavy atom. The van der Waals surface area contributed by atoms with Crippen molar-refractivity contribution in [2.24, 2.45) is 11.8 Å². The number of hydrogen-bond acceptors (Lipinski definition) is 11. The first-order valence-corrected chi connectivity index (χ1v) is 16.7. The number of esters is 4. The van der Waals surface area contributed by atoms with Crippen LogP contribution >= 0.6 is 0 Å². The molecule has 0 aliphatic heterocycles.